The molecule has 0 radical (unpaired) electrons. The van der Waals surface area contributed by atoms with Crippen LogP contribution in [0.5, 0.6) is 5.75 Å². The largest absolute Gasteiger partial charge is 0.497 e. The molecule has 4 aromatic carbocycles. The van der Waals surface area contributed by atoms with Gasteiger partial charge in [0.15, 0.2) is 5.78 Å². The van der Waals surface area contributed by atoms with Gasteiger partial charge in [-0.15, -0.1) is 0 Å². The van der Waals surface area contributed by atoms with Crippen LogP contribution in [0.2, 0.25) is 5.02 Å². The number of ketones is 1. The van der Waals surface area contributed by atoms with E-state index >= 15 is 0 Å². The van der Waals surface area contributed by atoms with Crippen molar-refractivity contribution in [3.63, 3.8) is 0 Å². The number of methoxy groups -OCH3 is 2. The van der Waals surface area contributed by atoms with Crippen molar-refractivity contribution in [2.24, 2.45) is 0 Å². The molecule has 0 aliphatic heterocycles. The van der Waals surface area contributed by atoms with Crippen molar-refractivity contribution in [1.29, 1.82) is 0 Å². The van der Waals surface area contributed by atoms with E-state index in [9.17, 15) is 14.7 Å². The first-order valence-electron chi connectivity index (χ1n) is 12.7. The number of carbonyl (C=O) groups excluding carboxylic acids is 1. The molecular formula is C32H27ClN2O5. The number of carbonyl (C=O) groups is 2. The molecule has 0 aliphatic carbocycles. The van der Waals surface area contributed by atoms with Crippen molar-refractivity contribution in [3.05, 3.63) is 107 Å². The lowest BCUT2D eigenvalue weighted by molar-refractivity contribution is 0.0697. The number of hydrogen-bond donors (Lipinski definition) is 2. The third kappa shape index (κ3) is 5.61. The molecule has 1 atom stereocenters. The average molecular weight is 555 g/mol. The van der Waals surface area contributed by atoms with Crippen LogP contribution in [-0.2, 0) is 4.74 Å². The minimum absolute atomic E-state index is 0.00449. The number of rotatable bonds is 10. The summed E-state index contributed by atoms with van der Waals surface area (Å²) >= 11 is 6.37. The highest BCUT2D eigenvalue weighted by molar-refractivity contribution is 6.31. The zero-order valence-corrected chi connectivity index (χ0v) is 22.7. The van der Waals surface area contributed by atoms with Gasteiger partial charge in [0.25, 0.3) is 0 Å². The third-order valence-electron chi connectivity index (χ3n) is 6.86. The highest BCUT2D eigenvalue weighted by Crippen LogP contribution is 2.37. The molecule has 8 heteroatoms. The molecule has 7 nitrogen and oxygen atoms in total. The van der Waals surface area contributed by atoms with Crippen LogP contribution in [0.25, 0.3) is 33.5 Å². The van der Waals surface area contributed by atoms with E-state index in [0.717, 1.165) is 16.6 Å². The number of H-pyrrole nitrogens is 1. The molecular weight excluding hydrogens is 528 g/mol. The molecule has 5 aromatic rings. The number of hydrogen-bond acceptors (Lipinski definition) is 5. The molecule has 202 valence electrons. The van der Waals surface area contributed by atoms with Gasteiger partial charge in [-0.05, 0) is 53.1 Å². The number of nitrogens with one attached hydrogen (secondary N) is 1. The van der Waals surface area contributed by atoms with Gasteiger partial charge < -0.3 is 19.6 Å². The first-order valence-corrected chi connectivity index (χ1v) is 13.0. The van der Waals surface area contributed by atoms with Crippen LogP contribution in [0, 0.1) is 0 Å². The zero-order valence-electron chi connectivity index (χ0n) is 22.0. The summed E-state index contributed by atoms with van der Waals surface area (Å²) in [5.41, 5.74) is 4.49. The first kappa shape index (κ1) is 27.1. The fourth-order valence-electron chi connectivity index (χ4n) is 4.86. The number of halogens is 1. The lowest BCUT2D eigenvalue weighted by atomic mass is 9.89. The number of aromatic nitrogens is 2. The molecule has 2 N–H and O–H groups in total. The molecule has 0 aliphatic rings. The lowest BCUT2D eigenvalue weighted by Crippen LogP contribution is -2.13. The number of nitrogens with zero attached hydrogens (tertiary/aromatic N) is 1. The monoisotopic (exact) mass is 554 g/mol. The van der Waals surface area contributed by atoms with E-state index in [4.69, 9.17) is 26.1 Å². The third-order valence-corrected chi connectivity index (χ3v) is 7.09. The standard InChI is InChI=1S/C32H27ClN2O5/c1-39-18-21(19-6-4-3-5-7-19)15-30(36)20-8-11-24(27(14-20)32(37)38)26-16-22(33)9-12-25(26)31-34-28-13-10-23(40-2)17-29(28)35-31/h3-14,16-17,21H,15,18H2,1-2H3,(H,34,35)(H,37,38)/t21-/m1/s1. The summed E-state index contributed by atoms with van der Waals surface area (Å²) in [6.45, 7) is 0.370. The summed E-state index contributed by atoms with van der Waals surface area (Å²) in [4.78, 5) is 33.8. The number of ether oxygens (including phenoxy) is 2. The lowest BCUT2D eigenvalue weighted by Gasteiger charge is -2.17. The van der Waals surface area contributed by atoms with Crippen LogP contribution >= 0.6 is 11.6 Å². The van der Waals surface area contributed by atoms with Gasteiger partial charge in [-0.3, -0.25) is 4.79 Å². The quantitative estimate of drug-likeness (QED) is 0.176. The van der Waals surface area contributed by atoms with E-state index in [-0.39, 0.29) is 23.7 Å². The van der Waals surface area contributed by atoms with Gasteiger partial charge in [0, 0.05) is 41.7 Å². The van der Waals surface area contributed by atoms with E-state index in [1.807, 2.05) is 48.5 Å². The van der Waals surface area contributed by atoms with Crippen molar-refractivity contribution < 1.29 is 24.2 Å². The summed E-state index contributed by atoms with van der Waals surface area (Å²) < 4.78 is 10.7. The van der Waals surface area contributed by atoms with Crippen molar-refractivity contribution in [3.8, 4) is 28.3 Å². The number of carboxylic acid groups (broad SMARTS) is 1. The number of aromatic carboxylic acids is 1. The summed E-state index contributed by atoms with van der Waals surface area (Å²) in [5.74, 6) is -0.235. The molecule has 0 unspecified atom stereocenters. The number of carboxylic acids is 1. The summed E-state index contributed by atoms with van der Waals surface area (Å²) in [6, 6.07) is 25.2. The van der Waals surface area contributed by atoms with Crippen molar-refractivity contribution in [2.75, 3.05) is 20.8 Å². The van der Waals surface area contributed by atoms with Gasteiger partial charge in [-0.25, -0.2) is 9.78 Å². The van der Waals surface area contributed by atoms with E-state index in [2.05, 4.69) is 4.98 Å². The summed E-state index contributed by atoms with van der Waals surface area (Å²) in [7, 11) is 3.19. The van der Waals surface area contributed by atoms with E-state index in [1.165, 1.54) is 6.07 Å². The SMILES string of the molecule is COC[C@@H](CC(=O)c1ccc(-c2cc(Cl)ccc2-c2nc3ccc(OC)cc3[nH]2)c(C(=O)O)c1)c1ccccc1. The second-order valence-electron chi connectivity index (χ2n) is 9.41. The van der Waals surface area contributed by atoms with Crippen LogP contribution in [0.1, 0.15) is 38.6 Å². The molecule has 0 spiro atoms. The molecule has 5 rings (SSSR count). The van der Waals surface area contributed by atoms with E-state index < -0.39 is 5.97 Å². The number of benzene rings is 4. The maximum atomic E-state index is 13.3. The number of Topliss-reactive ketones (excluding diaryl/α,β-unsaturated/α-hetero) is 1. The second kappa shape index (κ2) is 11.7. The average Bonchev–Trinajstić information content (AvgIpc) is 3.40. The van der Waals surface area contributed by atoms with Crippen LogP contribution in [-0.4, -0.2) is 47.7 Å². The van der Waals surface area contributed by atoms with Gasteiger partial charge in [-0.1, -0.05) is 54.1 Å². The van der Waals surface area contributed by atoms with Gasteiger partial charge in [0.2, 0.25) is 0 Å². The van der Waals surface area contributed by atoms with Crippen molar-refractivity contribution >= 4 is 34.4 Å². The molecule has 0 amide bonds. The fourth-order valence-corrected chi connectivity index (χ4v) is 5.03. The zero-order chi connectivity index (χ0) is 28.2. The topological polar surface area (TPSA) is 102 Å². The Labute approximate surface area is 236 Å². The summed E-state index contributed by atoms with van der Waals surface area (Å²) in [6.07, 6.45) is 0.182. The molecule has 40 heavy (non-hydrogen) atoms. The Kier molecular flexibility index (Phi) is 7.96. The van der Waals surface area contributed by atoms with E-state index in [0.29, 0.717) is 45.5 Å². The van der Waals surface area contributed by atoms with Crippen molar-refractivity contribution in [2.45, 2.75) is 12.3 Å². The molecule has 0 bridgehead atoms. The Morgan fingerprint density at radius 3 is 2.42 bits per heavy atom. The predicted molar refractivity (Wildman–Crippen MR) is 155 cm³/mol. The highest BCUT2D eigenvalue weighted by atomic mass is 35.5. The van der Waals surface area contributed by atoms with Crippen LogP contribution in [0.15, 0.2) is 84.9 Å². The van der Waals surface area contributed by atoms with Gasteiger partial charge >= 0.3 is 5.97 Å². The Hall–Kier alpha value is -4.46. The van der Waals surface area contributed by atoms with Gasteiger partial charge in [0.1, 0.15) is 11.6 Å². The minimum atomic E-state index is -1.15. The fraction of sp³-hybridized carbons (Fsp3) is 0.156. The Morgan fingerprint density at radius 1 is 0.925 bits per heavy atom. The first-order chi connectivity index (χ1) is 19.4. The van der Waals surface area contributed by atoms with Crippen molar-refractivity contribution in [1.82, 2.24) is 9.97 Å². The molecule has 0 fully saturated rings. The Bertz CT molecular complexity index is 1700. The van der Waals surface area contributed by atoms with E-state index in [1.54, 1.807) is 44.6 Å². The Morgan fingerprint density at radius 2 is 1.70 bits per heavy atom. The predicted octanol–water partition coefficient (Wildman–Crippen LogP) is 7.26. The maximum Gasteiger partial charge on any atom is 0.336 e. The minimum Gasteiger partial charge on any atom is -0.497 e. The molecule has 0 saturated heterocycles. The molecule has 1 aromatic heterocycles. The number of imidazole rings is 1. The normalized spacial score (nSPS) is 11.9. The Balaban J connectivity index is 1.54. The van der Waals surface area contributed by atoms with Crippen LogP contribution in [0.3, 0.4) is 0 Å². The smallest absolute Gasteiger partial charge is 0.336 e. The highest BCUT2D eigenvalue weighted by Gasteiger charge is 2.22. The number of fused-ring (bicyclic) bond motifs is 1. The van der Waals surface area contributed by atoms with Crippen LogP contribution < -0.4 is 4.74 Å². The molecule has 0 saturated carbocycles. The van der Waals surface area contributed by atoms with Gasteiger partial charge in [-0.2, -0.15) is 0 Å². The number of aromatic amines is 1. The molecule has 1 heterocycles. The second-order valence-corrected chi connectivity index (χ2v) is 9.85. The van der Waals surface area contributed by atoms with Gasteiger partial charge in [0.05, 0.1) is 30.3 Å². The maximum absolute atomic E-state index is 13.3. The summed E-state index contributed by atoms with van der Waals surface area (Å²) in [5, 5.41) is 10.6. The van der Waals surface area contributed by atoms with Crippen LogP contribution in [0.4, 0.5) is 0 Å².